The first-order valence-electron chi connectivity index (χ1n) is 8.60. The van der Waals surface area contributed by atoms with E-state index in [1.807, 2.05) is 6.92 Å². The lowest BCUT2D eigenvalue weighted by Gasteiger charge is -2.38. The molecular weight excluding hydrogens is 388 g/mol. The maximum atomic E-state index is 12.3. The molecule has 10 nitrogen and oxygen atoms in total. The summed E-state index contributed by atoms with van der Waals surface area (Å²) in [7, 11) is 1.50. The Bertz CT molecular complexity index is 994. The molecule has 1 saturated heterocycles. The van der Waals surface area contributed by atoms with Crippen LogP contribution in [0.15, 0.2) is 33.7 Å². The van der Waals surface area contributed by atoms with E-state index in [-0.39, 0.29) is 5.75 Å². The number of methoxy groups -OCH3 is 1. The van der Waals surface area contributed by atoms with Crippen LogP contribution < -0.4 is 10.4 Å². The van der Waals surface area contributed by atoms with Gasteiger partial charge in [0.2, 0.25) is 12.0 Å². The molecule has 29 heavy (non-hydrogen) atoms. The fourth-order valence-corrected chi connectivity index (χ4v) is 2.94. The Labute approximate surface area is 164 Å². The van der Waals surface area contributed by atoms with Crippen LogP contribution in [0.1, 0.15) is 11.1 Å². The van der Waals surface area contributed by atoms with Crippen LogP contribution in [0.5, 0.6) is 5.75 Å². The van der Waals surface area contributed by atoms with Gasteiger partial charge in [0.25, 0.3) is 0 Å². The monoisotopic (exact) mass is 408 g/mol. The molecular formula is C19H20O10. The lowest BCUT2D eigenvalue weighted by molar-refractivity contribution is -0.271. The minimum absolute atomic E-state index is 0.290. The van der Waals surface area contributed by atoms with E-state index in [0.717, 1.165) is 11.1 Å². The molecule has 2 aromatic rings. The summed E-state index contributed by atoms with van der Waals surface area (Å²) >= 11 is 0. The smallest absolute Gasteiger partial charge is 0.379 e. The number of fused-ring (bicyclic) bond motifs is 1. The van der Waals surface area contributed by atoms with Crippen LogP contribution in [0.2, 0.25) is 0 Å². The van der Waals surface area contributed by atoms with Gasteiger partial charge in [0.15, 0.2) is 6.10 Å². The minimum atomic E-state index is -1.87. The van der Waals surface area contributed by atoms with Crippen LogP contribution in [0.4, 0.5) is 0 Å². The van der Waals surface area contributed by atoms with Gasteiger partial charge in [-0.25, -0.2) is 9.59 Å². The second-order valence-electron chi connectivity index (χ2n) is 6.54. The lowest BCUT2D eigenvalue weighted by Crippen LogP contribution is -2.61. The molecule has 156 valence electrons. The molecule has 1 aromatic carbocycles. The largest absolute Gasteiger partial charge is 0.504 e. The van der Waals surface area contributed by atoms with E-state index < -0.39 is 42.3 Å². The average Bonchev–Trinajstić information content (AvgIpc) is 2.67. The number of aliphatic hydroxyl groups excluding tert-OH is 3. The van der Waals surface area contributed by atoms with Crippen LogP contribution in [-0.4, -0.2) is 64.2 Å². The number of aliphatic carboxylic acids is 1. The summed E-state index contributed by atoms with van der Waals surface area (Å²) in [5.41, 5.74) is 1.02. The predicted molar refractivity (Wildman–Crippen MR) is 98.2 cm³/mol. The SMILES string of the molecule is CO/C=C/c1cc2cc(OC3OC(C(=O)O)C(O)C(O)C3O)c(=O)oc2cc1C. The van der Waals surface area contributed by atoms with Crippen LogP contribution in [0.25, 0.3) is 17.0 Å². The maximum Gasteiger partial charge on any atom is 0.379 e. The van der Waals surface area contributed by atoms with Crippen molar-refractivity contribution in [1.29, 1.82) is 0 Å². The number of ether oxygens (including phenoxy) is 3. The number of hydrogen-bond donors (Lipinski definition) is 4. The van der Waals surface area contributed by atoms with Crippen LogP contribution in [0.3, 0.4) is 0 Å². The highest BCUT2D eigenvalue weighted by Crippen LogP contribution is 2.26. The van der Waals surface area contributed by atoms with E-state index in [9.17, 15) is 24.9 Å². The third-order valence-electron chi connectivity index (χ3n) is 4.53. The highest BCUT2D eigenvalue weighted by Gasteiger charge is 2.48. The van der Waals surface area contributed by atoms with Crippen molar-refractivity contribution < 1.29 is 43.8 Å². The molecule has 5 atom stereocenters. The number of hydrogen-bond acceptors (Lipinski definition) is 9. The van der Waals surface area contributed by atoms with Crippen LogP contribution in [0, 0.1) is 6.92 Å². The number of carboxylic acids is 1. The van der Waals surface area contributed by atoms with Crippen molar-refractivity contribution >= 4 is 23.0 Å². The molecule has 4 N–H and O–H groups in total. The average molecular weight is 408 g/mol. The fourth-order valence-electron chi connectivity index (χ4n) is 2.94. The molecule has 0 amide bonds. The maximum absolute atomic E-state index is 12.3. The fraction of sp³-hybridized carbons (Fsp3) is 0.368. The summed E-state index contributed by atoms with van der Waals surface area (Å²) in [5.74, 6) is -1.92. The highest BCUT2D eigenvalue weighted by atomic mass is 16.7. The van der Waals surface area contributed by atoms with E-state index in [2.05, 4.69) is 0 Å². The molecule has 1 fully saturated rings. The summed E-state index contributed by atoms with van der Waals surface area (Å²) in [6.07, 6.45) is -5.88. The van der Waals surface area contributed by atoms with Gasteiger partial charge in [-0.2, -0.15) is 0 Å². The standard InChI is InChI=1S/C19H20O10/c1-8-5-11-10(6-9(8)3-4-26-2)7-12(18(25)27-11)28-19-15(22)13(20)14(21)16(29-19)17(23)24/h3-7,13-16,19-22H,1-2H3,(H,23,24)/b4-3+. The third-order valence-corrected chi connectivity index (χ3v) is 4.53. The van der Waals surface area contributed by atoms with Gasteiger partial charge in [-0.05, 0) is 42.3 Å². The van der Waals surface area contributed by atoms with Crippen LogP contribution >= 0.6 is 0 Å². The first-order valence-corrected chi connectivity index (χ1v) is 8.60. The number of carbonyl (C=O) groups is 1. The van der Waals surface area contributed by atoms with Gasteiger partial charge >= 0.3 is 11.6 Å². The molecule has 10 heteroatoms. The predicted octanol–water partition coefficient (Wildman–Crippen LogP) is -0.0105. The van der Waals surface area contributed by atoms with E-state index in [1.54, 1.807) is 18.2 Å². The summed E-state index contributed by atoms with van der Waals surface area (Å²) in [6.45, 7) is 1.82. The Morgan fingerprint density at radius 1 is 1.14 bits per heavy atom. The van der Waals surface area contributed by atoms with Crippen LogP contribution in [-0.2, 0) is 14.3 Å². The molecule has 0 radical (unpaired) electrons. The van der Waals surface area contributed by atoms with E-state index in [4.69, 9.17) is 23.7 Å². The second kappa shape index (κ2) is 8.21. The Hall–Kier alpha value is -2.92. The first-order chi connectivity index (χ1) is 13.7. The highest BCUT2D eigenvalue weighted by molar-refractivity contribution is 5.82. The van der Waals surface area contributed by atoms with Gasteiger partial charge in [-0.3, -0.25) is 0 Å². The zero-order valence-electron chi connectivity index (χ0n) is 15.5. The molecule has 0 aliphatic carbocycles. The van der Waals surface area contributed by atoms with Crippen molar-refractivity contribution in [3.63, 3.8) is 0 Å². The van der Waals surface area contributed by atoms with E-state index >= 15 is 0 Å². The molecule has 5 unspecified atom stereocenters. The Morgan fingerprint density at radius 3 is 2.52 bits per heavy atom. The zero-order chi connectivity index (χ0) is 21.3. The zero-order valence-corrected chi connectivity index (χ0v) is 15.5. The Kier molecular flexibility index (Phi) is 5.89. The number of carboxylic acid groups (broad SMARTS) is 1. The summed E-state index contributed by atoms with van der Waals surface area (Å²) in [5, 5.41) is 39.2. The molecule has 1 aromatic heterocycles. The third kappa shape index (κ3) is 4.10. The molecule has 0 bridgehead atoms. The van der Waals surface area contributed by atoms with Crippen molar-refractivity contribution in [2.45, 2.75) is 37.6 Å². The van der Waals surface area contributed by atoms with Crippen molar-refractivity contribution in [2.24, 2.45) is 0 Å². The van der Waals surface area contributed by atoms with Gasteiger partial charge in [0.05, 0.1) is 13.4 Å². The molecule has 2 heterocycles. The number of aliphatic hydroxyl groups is 3. The van der Waals surface area contributed by atoms with Gasteiger partial charge in [0.1, 0.15) is 23.9 Å². The summed E-state index contributed by atoms with van der Waals surface area (Å²) in [4.78, 5) is 23.4. The normalized spacial score (nSPS) is 27.3. The van der Waals surface area contributed by atoms with Gasteiger partial charge < -0.3 is 39.1 Å². The molecule has 0 saturated carbocycles. The van der Waals surface area contributed by atoms with Crippen molar-refractivity contribution in [1.82, 2.24) is 0 Å². The van der Waals surface area contributed by atoms with E-state index in [1.165, 1.54) is 19.4 Å². The van der Waals surface area contributed by atoms with E-state index in [0.29, 0.717) is 11.0 Å². The Balaban J connectivity index is 1.95. The van der Waals surface area contributed by atoms with Gasteiger partial charge in [-0.15, -0.1) is 0 Å². The van der Waals surface area contributed by atoms with Crippen molar-refractivity contribution in [3.05, 3.63) is 46.0 Å². The summed E-state index contributed by atoms with van der Waals surface area (Å²) in [6, 6.07) is 4.71. The summed E-state index contributed by atoms with van der Waals surface area (Å²) < 4.78 is 20.5. The molecule has 1 aliphatic heterocycles. The Morgan fingerprint density at radius 2 is 1.86 bits per heavy atom. The molecule has 0 spiro atoms. The quantitative estimate of drug-likeness (QED) is 0.392. The number of benzene rings is 1. The number of aryl methyl sites for hydroxylation is 1. The molecule has 3 rings (SSSR count). The second-order valence-corrected chi connectivity index (χ2v) is 6.54. The topological polar surface area (TPSA) is 156 Å². The first kappa shape index (κ1) is 20.8. The van der Waals surface area contributed by atoms with Crippen molar-refractivity contribution in [3.8, 4) is 5.75 Å². The lowest BCUT2D eigenvalue weighted by atomic mass is 9.99. The van der Waals surface area contributed by atoms with Gasteiger partial charge in [-0.1, -0.05) is 0 Å². The van der Waals surface area contributed by atoms with Crippen molar-refractivity contribution in [2.75, 3.05) is 7.11 Å². The minimum Gasteiger partial charge on any atom is -0.504 e. The van der Waals surface area contributed by atoms with Gasteiger partial charge in [0, 0.05) is 5.39 Å². The number of rotatable bonds is 5. The molecule has 1 aliphatic rings.